The third-order valence-corrected chi connectivity index (χ3v) is 3.07. The molecule has 0 spiro atoms. The van der Waals surface area contributed by atoms with Crippen molar-refractivity contribution in [1.82, 2.24) is 15.6 Å². The first kappa shape index (κ1) is 17.7. The lowest BCUT2D eigenvalue weighted by molar-refractivity contribution is 0.629. The first-order chi connectivity index (χ1) is 9.74. The molecule has 0 saturated carbocycles. The van der Waals surface area contributed by atoms with Crippen molar-refractivity contribution < 1.29 is 4.39 Å². The quantitative estimate of drug-likeness (QED) is 0.408. The van der Waals surface area contributed by atoms with Crippen LogP contribution in [-0.2, 0) is 6.42 Å². The molecule has 2 aromatic rings. The molecule has 0 atom stereocenters. The van der Waals surface area contributed by atoms with Gasteiger partial charge in [-0.05, 0) is 44.0 Å². The average Bonchev–Trinajstić information content (AvgIpc) is 2.81. The van der Waals surface area contributed by atoms with Gasteiger partial charge in [-0.3, -0.25) is 4.99 Å². The fourth-order valence-corrected chi connectivity index (χ4v) is 2.16. The van der Waals surface area contributed by atoms with Gasteiger partial charge in [-0.15, -0.1) is 24.0 Å². The third-order valence-electron chi connectivity index (χ3n) is 3.07. The van der Waals surface area contributed by atoms with Crippen molar-refractivity contribution in [2.24, 2.45) is 4.99 Å². The summed E-state index contributed by atoms with van der Waals surface area (Å²) < 4.78 is 13.1. The lowest BCUT2D eigenvalue weighted by Crippen LogP contribution is -2.37. The summed E-state index contributed by atoms with van der Waals surface area (Å²) in [5.41, 5.74) is 2.00. The largest absolute Gasteiger partial charge is 0.361 e. The van der Waals surface area contributed by atoms with Gasteiger partial charge in [0.15, 0.2) is 5.96 Å². The molecule has 0 unspecified atom stereocenters. The number of fused-ring (bicyclic) bond motifs is 1. The van der Waals surface area contributed by atoms with Crippen molar-refractivity contribution in [1.29, 1.82) is 0 Å². The predicted octanol–water partition coefficient (Wildman–Crippen LogP) is 3.04. The second-order valence-corrected chi connectivity index (χ2v) is 4.54. The van der Waals surface area contributed by atoms with E-state index in [9.17, 15) is 4.39 Å². The third kappa shape index (κ3) is 4.87. The topological polar surface area (TPSA) is 52.2 Å². The highest BCUT2D eigenvalue weighted by molar-refractivity contribution is 14.0. The first-order valence-corrected chi connectivity index (χ1v) is 7.02. The molecule has 1 aromatic heterocycles. The maximum Gasteiger partial charge on any atom is 0.191 e. The zero-order valence-corrected chi connectivity index (χ0v) is 14.7. The van der Waals surface area contributed by atoms with E-state index in [1.54, 1.807) is 0 Å². The second-order valence-electron chi connectivity index (χ2n) is 4.54. The van der Waals surface area contributed by atoms with Gasteiger partial charge < -0.3 is 15.6 Å². The Morgan fingerprint density at radius 3 is 2.62 bits per heavy atom. The number of rotatable bonds is 5. The lowest BCUT2D eigenvalue weighted by atomic mass is 10.1. The lowest BCUT2D eigenvalue weighted by Gasteiger charge is -2.08. The van der Waals surface area contributed by atoms with Crippen LogP contribution in [0.25, 0.3) is 10.9 Å². The molecule has 0 radical (unpaired) electrons. The van der Waals surface area contributed by atoms with Crippen LogP contribution in [-0.4, -0.2) is 30.6 Å². The molecule has 0 aliphatic rings. The zero-order chi connectivity index (χ0) is 14.4. The van der Waals surface area contributed by atoms with Crippen molar-refractivity contribution in [3.8, 4) is 0 Å². The number of halogens is 2. The Morgan fingerprint density at radius 2 is 1.95 bits per heavy atom. The van der Waals surface area contributed by atoms with Gasteiger partial charge in [-0.1, -0.05) is 0 Å². The van der Waals surface area contributed by atoms with E-state index < -0.39 is 0 Å². The van der Waals surface area contributed by atoms with Crippen LogP contribution in [0, 0.1) is 5.82 Å². The van der Waals surface area contributed by atoms with Gasteiger partial charge in [0.05, 0.1) is 0 Å². The Morgan fingerprint density at radius 1 is 1.24 bits per heavy atom. The summed E-state index contributed by atoms with van der Waals surface area (Å²) in [6.07, 6.45) is 2.76. The highest BCUT2D eigenvalue weighted by atomic mass is 127. The molecule has 4 nitrogen and oxygen atoms in total. The number of hydrogen-bond donors (Lipinski definition) is 3. The van der Waals surface area contributed by atoms with Gasteiger partial charge in [-0.25, -0.2) is 4.39 Å². The summed E-state index contributed by atoms with van der Waals surface area (Å²) >= 11 is 0. The summed E-state index contributed by atoms with van der Waals surface area (Å²) in [5.74, 6) is 0.617. The van der Waals surface area contributed by atoms with Gasteiger partial charge in [-0.2, -0.15) is 0 Å². The molecular formula is C15H22FIN4. The number of aromatic nitrogens is 1. The molecule has 0 fully saturated rings. The second kappa shape index (κ2) is 8.86. The van der Waals surface area contributed by atoms with Gasteiger partial charge in [0.1, 0.15) is 5.82 Å². The van der Waals surface area contributed by atoms with Crippen LogP contribution in [0.5, 0.6) is 0 Å². The molecule has 21 heavy (non-hydrogen) atoms. The summed E-state index contributed by atoms with van der Waals surface area (Å²) in [5, 5.41) is 7.44. The molecule has 1 aromatic carbocycles. The van der Waals surface area contributed by atoms with E-state index >= 15 is 0 Å². The molecule has 116 valence electrons. The summed E-state index contributed by atoms with van der Waals surface area (Å²) in [6.45, 7) is 6.47. The molecule has 3 N–H and O–H groups in total. The molecule has 0 aliphatic carbocycles. The van der Waals surface area contributed by atoms with Crippen LogP contribution in [0.3, 0.4) is 0 Å². The molecule has 1 heterocycles. The van der Waals surface area contributed by atoms with Crippen LogP contribution >= 0.6 is 24.0 Å². The fraction of sp³-hybridized carbons (Fsp3) is 0.400. The molecule has 0 amide bonds. The van der Waals surface area contributed by atoms with Crippen molar-refractivity contribution in [3.63, 3.8) is 0 Å². The van der Waals surface area contributed by atoms with Crippen molar-refractivity contribution in [2.45, 2.75) is 20.3 Å². The van der Waals surface area contributed by atoms with Crippen LogP contribution < -0.4 is 10.6 Å². The Hall–Kier alpha value is -1.31. The average molecular weight is 404 g/mol. The van der Waals surface area contributed by atoms with Gasteiger partial charge in [0.2, 0.25) is 0 Å². The summed E-state index contributed by atoms with van der Waals surface area (Å²) in [6, 6.07) is 4.83. The molecule has 0 saturated heterocycles. The first-order valence-electron chi connectivity index (χ1n) is 7.02. The number of benzene rings is 1. The van der Waals surface area contributed by atoms with Gasteiger partial charge in [0, 0.05) is 36.7 Å². The maximum atomic E-state index is 13.1. The molecule has 2 rings (SSSR count). The Kier molecular flexibility index (Phi) is 7.49. The van der Waals surface area contributed by atoms with E-state index in [0.29, 0.717) is 6.54 Å². The van der Waals surface area contributed by atoms with E-state index in [2.05, 4.69) is 20.6 Å². The number of nitrogens with zero attached hydrogens (tertiary/aromatic N) is 1. The number of aliphatic imine (C=N–C) groups is 1. The van der Waals surface area contributed by atoms with E-state index in [-0.39, 0.29) is 29.8 Å². The van der Waals surface area contributed by atoms with Crippen LogP contribution in [0.4, 0.5) is 4.39 Å². The smallest absolute Gasteiger partial charge is 0.191 e. The molecular weight excluding hydrogens is 382 g/mol. The zero-order valence-electron chi connectivity index (χ0n) is 12.4. The van der Waals surface area contributed by atoms with E-state index in [1.807, 2.05) is 26.1 Å². The Bertz CT molecular complexity index is 586. The fourth-order valence-electron chi connectivity index (χ4n) is 2.16. The van der Waals surface area contributed by atoms with Gasteiger partial charge in [0.25, 0.3) is 0 Å². The molecule has 6 heteroatoms. The monoisotopic (exact) mass is 404 g/mol. The highest BCUT2D eigenvalue weighted by Gasteiger charge is 2.04. The van der Waals surface area contributed by atoms with Crippen molar-refractivity contribution in [2.75, 3.05) is 19.6 Å². The molecule has 0 aliphatic heterocycles. The van der Waals surface area contributed by atoms with Crippen LogP contribution in [0.2, 0.25) is 0 Å². The van der Waals surface area contributed by atoms with E-state index in [1.165, 1.54) is 12.1 Å². The van der Waals surface area contributed by atoms with Crippen molar-refractivity contribution >= 4 is 40.8 Å². The van der Waals surface area contributed by atoms with Crippen LogP contribution in [0.15, 0.2) is 29.4 Å². The van der Waals surface area contributed by atoms with E-state index in [0.717, 1.165) is 41.9 Å². The van der Waals surface area contributed by atoms with Gasteiger partial charge >= 0.3 is 0 Å². The Labute approximate surface area is 141 Å². The number of aromatic amines is 1. The predicted molar refractivity (Wildman–Crippen MR) is 97.0 cm³/mol. The number of guanidine groups is 1. The van der Waals surface area contributed by atoms with E-state index in [4.69, 9.17) is 0 Å². The number of H-pyrrole nitrogens is 1. The number of nitrogens with one attached hydrogen (secondary N) is 3. The summed E-state index contributed by atoms with van der Waals surface area (Å²) in [7, 11) is 0. The SMILES string of the molecule is CCNC(=NCCc1c[nH]c2cc(F)ccc12)NCC.I. The standard InChI is InChI=1S/C15H21FN4.HI/c1-3-17-15(18-4-2)19-8-7-11-10-20-14-9-12(16)5-6-13(11)14;/h5-6,9-10,20H,3-4,7-8H2,1-2H3,(H2,17,18,19);1H. The molecule has 0 bridgehead atoms. The minimum atomic E-state index is -0.217. The van der Waals surface area contributed by atoms with Crippen molar-refractivity contribution in [3.05, 3.63) is 35.8 Å². The normalized spacial score (nSPS) is 10.0. The number of hydrogen-bond acceptors (Lipinski definition) is 1. The van der Waals surface area contributed by atoms with Crippen LogP contribution in [0.1, 0.15) is 19.4 Å². The maximum absolute atomic E-state index is 13.1. The minimum Gasteiger partial charge on any atom is -0.361 e. The Balaban J connectivity index is 0.00000220. The minimum absolute atomic E-state index is 0. The summed E-state index contributed by atoms with van der Waals surface area (Å²) in [4.78, 5) is 7.61. The highest BCUT2D eigenvalue weighted by Crippen LogP contribution is 2.19.